The molecule has 0 radical (unpaired) electrons. The van der Waals surface area contributed by atoms with Gasteiger partial charge in [0, 0.05) is 6.54 Å². The standard InChI is InChI=1S/C5H9N3O/c1-2-7-9-8-5-3-4-6-8/h3-5,7H,2H2,1H3. The fourth-order valence-electron chi connectivity index (χ4n) is 0.439. The van der Waals surface area contributed by atoms with Gasteiger partial charge in [0.15, 0.2) is 0 Å². The summed E-state index contributed by atoms with van der Waals surface area (Å²) in [6.45, 7) is 2.71. The normalized spacial score (nSPS) is 9.44. The number of hydrogen-bond donors (Lipinski definition) is 1. The lowest BCUT2D eigenvalue weighted by Crippen LogP contribution is -2.27. The predicted octanol–water partition coefficient (Wildman–Crippen LogP) is -0.164. The Morgan fingerprint density at radius 1 is 1.78 bits per heavy atom. The third-order valence-corrected chi connectivity index (χ3v) is 0.783. The van der Waals surface area contributed by atoms with Crippen LogP contribution in [0.5, 0.6) is 0 Å². The summed E-state index contributed by atoms with van der Waals surface area (Å²) in [6, 6.07) is 1.79. The van der Waals surface area contributed by atoms with Crippen LogP contribution in [0, 0.1) is 0 Å². The van der Waals surface area contributed by atoms with Gasteiger partial charge >= 0.3 is 0 Å². The first-order valence-electron chi connectivity index (χ1n) is 2.83. The number of rotatable bonds is 3. The second-order valence-corrected chi connectivity index (χ2v) is 1.50. The van der Waals surface area contributed by atoms with Gasteiger partial charge in [-0.2, -0.15) is 0 Å². The van der Waals surface area contributed by atoms with Crippen LogP contribution in [0.1, 0.15) is 6.92 Å². The SMILES string of the molecule is CCNOn1cccn1. The molecule has 1 N–H and O–H groups in total. The van der Waals surface area contributed by atoms with Crippen molar-refractivity contribution in [3.63, 3.8) is 0 Å². The topological polar surface area (TPSA) is 39.1 Å². The fraction of sp³-hybridized carbons (Fsp3) is 0.400. The van der Waals surface area contributed by atoms with Gasteiger partial charge < -0.3 is 4.94 Å². The molecule has 0 amide bonds. The van der Waals surface area contributed by atoms with Gasteiger partial charge in [-0.15, -0.1) is 10.6 Å². The summed E-state index contributed by atoms with van der Waals surface area (Å²) < 4.78 is 0. The summed E-state index contributed by atoms with van der Waals surface area (Å²) in [5.74, 6) is 0. The largest absolute Gasteiger partial charge is 0.301 e. The Morgan fingerprint density at radius 2 is 2.67 bits per heavy atom. The van der Waals surface area contributed by atoms with Gasteiger partial charge in [-0.25, -0.2) is 0 Å². The molecule has 50 valence electrons. The van der Waals surface area contributed by atoms with Crippen LogP contribution in [-0.4, -0.2) is 16.5 Å². The van der Waals surface area contributed by atoms with E-state index in [1.54, 1.807) is 18.5 Å². The molecule has 0 saturated heterocycles. The highest BCUT2D eigenvalue weighted by molar-refractivity contribution is 4.74. The molecule has 0 saturated carbocycles. The van der Waals surface area contributed by atoms with E-state index in [9.17, 15) is 0 Å². The second-order valence-electron chi connectivity index (χ2n) is 1.50. The van der Waals surface area contributed by atoms with Crippen molar-refractivity contribution in [1.29, 1.82) is 0 Å². The number of hydroxylamine groups is 1. The Kier molecular flexibility index (Phi) is 2.09. The summed E-state index contributed by atoms with van der Waals surface area (Å²) in [7, 11) is 0. The van der Waals surface area contributed by atoms with E-state index in [0.717, 1.165) is 6.54 Å². The molecule has 1 aromatic heterocycles. The Bertz CT molecular complexity index is 149. The van der Waals surface area contributed by atoms with Crippen molar-refractivity contribution in [2.24, 2.45) is 0 Å². The molecule has 1 heterocycles. The van der Waals surface area contributed by atoms with E-state index >= 15 is 0 Å². The fourth-order valence-corrected chi connectivity index (χ4v) is 0.439. The first kappa shape index (κ1) is 6.10. The molecule has 0 unspecified atom stereocenters. The van der Waals surface area contributed by atoms with Gasteiger partial charge in [0.25, 0.3) is 0 Å². The third kappa shape index (κ3) is 1.73. The average molecular weight is 127 g/mol. The molecule has 1 aromatic rings. The van der Waals surface area contributed by atoms with E-state index in [2.05, 4.69) is 10.6 Å². The molecule has 1 rings (SSSR count). The molecule has 9 heavy (non-hydrogen) atoms. The number of hydrogen-bond acceptors (Lipinski definition) is 3. The Balaban J connectivity index is 2.30. The van der Waals surface area contributed by atoms with Crippen LogP contribution >= 0.6 is 0 Å². The molecule has 0 spiro atoms. The van der Waals surface area contributed by atoms with Crippen molar-refractivity contribution in [3.05, 3.63) is 18.5 Å². The summed E-state index contributed by atoms with van der Waals surface area (Å²) in [4.78, 5) is 6.20. The zero-order valence-corrected chi connectivity index (χ0v) is 5.24. The zero-order chi connectivity index (χ0) is 6.53. The van der Waals surface area contributed by atoms with Crippen molar-refractivity contribution in [1.82, 2.24) is 15.4 Å². The van der Waals surface area contributed by atoms with Crippen molar-refractivity contribution in [2.75, 3.05) is 6.54 Å². The summed E-state index contributed by atoms with van der Waals surface area (Å²) >= 11 is 0. The lowest BCUT2D eigenvalue weighted by molar-refractivity contribution is 0.00592. The minimum absolute atomic E-state index is 0.764. The predicted molar refractivity (Wildman–Crippen MR) is 32.5 cm³/mol. The average Bonchev–Trinajstić information content (AvgIpc) is 2.34. The Labute approximate surface area is 53.3 Å². The van der Waals surface area contributed by atoms with Crippen molar-refractivity contribution in [2.45, 2.75) is 6.92 Å². The van der Waals surface area contributed by atoms with E-state index in [0.29, 0.717) is 0 Å². The van der Waals surface area contributed by atoms with Crippen LogP contribution in [0.4, 0.5) is 0 Å². The van der Waals surface area contributed by atoms with Gasteiger partial charge in [0.05, 0.1) is 12.4 Å². The van der Waals surface area contributed by atoms with E-state index in [-0.39, 0.29) is 0 Å². The van der Waals surface area contributed by atoms with Crippen molar-refractivity contribution >= 4 is 0 Å². The minimum atomic E-state index is 0.764. The van der Waals surface area contributed by atoms with Crippen LogP contribution in [0.3, 0.4) is 0 Å². The number of aromatic nitrogens is 2. The zero-order valence-electron chi connectivity index (χ0n) is 5.24. The molecule has 0 aromatic carbocycles. The third-order valence-electron chi connectivity index (χ3n) is 0.783. The molecular formula is C5H9N3O. The van der Waals surface area contributed by atoms with Crippen LogP contribution in [0.15, 0.2) is 18.5 Å². The molecule has 0 atom stereocenters. The smallest absolute Gasteiger partial charge is 0.0690 e. The minimum Gasteiger partial charge on any atom is -0.301 e. The van der Waals surface area contributed by atoms with Gasteiger partial charge in [0.2, 0.25) is 0 Å². The van der Waals surface area contributed by atoms with Crippen LogP contribution < -0.4 is 10.4 Å². The molecule has 0 fully saturated rings. The van der Waals surface area contributed by atoms with Crippen LogP contribution in [0.25, 0.3) is 0 Å². The summed E-state index contributed by atoms with van der Waals surface area (Å²) in [5, 5.41) is 3.79. The highest BCUT2D eigenvalue weighted by Gasteiger charge is 1.83. The van der Waals surface area contributed by atoms with Gasteiger partial charge in [-0.05, 0) is 13.0 Å². The van der Waals surface area contributed by atoms with E-state index < -0.39 is 0 Å². The highest BCUT2D eigenvalue weighted by Crippen LogP contribution is 1.75. The van der Waals surface area contributed by atoms with Gasteiger partial charge in [-0.3, -0.25) is 0 Å². The summed E-state index contributed by atoms with van der Waals surface area (Å²) in [6.07, 6.45) is 3.36. The molecule has 4 nitrogen and oxygen atoms in total. The Hall–Kier alpha value is -1.03. The van der Waals surface area contributed by atoms with Crippen molar-refractivity contribution < 1.29 is 4.94 Å². The monoisotopic (exact) mass is 127 g/mol. The summed E-state index contributed by atoms with van der Waals surface area (Å²) in [5.41, 5.74) is 2.65. The lowest BCUT2D eigenvalue weighted by atomic mass is 10.8. The maximum atomic E-state index is 4.85. The maximum absolute atomic E-state index is 4.85. The quantitative estimate of drug-likeness (QED) is 0.573. The van der Waals surface area contributed by atoms with Crippen molar-refractivity contribution in [3.8, 4) is 0 Å². The van der Waals surface area contributed by atoms with Crippen LogP contribution in [-0.2, 0) is 0 Å². The Morgan fingerprint density at radius 3 is 3.22 bits per heavy atom. The van der Waals surface area contributed by atoms with E-state index in [1.165, 1.54) is 4.85 Å². The molecule has 0 aliphatic rings. The molecule has 0 bridgehead atoms. The number of nitrogens with one attached hydrogen (secondary N) is 1. The van der Waals surface area contributed by atoms with Crippen LogP contribution in [0.2, 0.25) is 0 Å². The van der Waals surface area contributed by atoms with E-state index in [4.69, 9.17) is 4.94 Å². The molecular weight excluding hydrogens is 118 g/mol. The second kappa shape index (κ2) is 3.09. The first-order valence-corrected chi connectivity index (χ1v) is 2.83. The molecule has 0 aliphatic carbocycles. The number of nitrogens with zero attached hydrogens (tertiary/aromatic N) is 2. The lowest BCUT2D eigenvalue weighted by Gasteiger charge is -2.00. The van der Waals surface area contributed by atoms with E-state index in [1.807, 2.05) is 6.92 Å². The molecule has 4 heteroatoms. The molecule has 0 aliphatic heterocycles. The van der Waals surface area contributed by atoms with Gasteiger partial charge in [-0.1, -0.05) is 4.85 Å². The first-order chi connectivity index (χ1) is 4.43. The highest BCUT2D eigenvalue weighted by atomic mass is 16.8. The maximum Gasteiger partial charge on any atom is 0.0690 e. The van der Waals surface area contributed by atoms with Gasteiger partial charge in [0.1, 0.15) is 0 Å².